The van der Waals surface area contributed by atoms with Gasteiger partial charge in [-0.3, -0.25) is 9.59 Å². The summed E-state index contributed by atoms with van der Waals surface area (Å²) in [6.07, 6.45) is 6.68. The van der Waals surface area contributed by atoms with Crippen LogP contribution in [0.2, 0.25) is 0 Å². The third-order valence-corrected chi connectivity index (χ3v) is 6.43. The Morgan fingerprint density at radius 1 is 1.16 bits per heavy atom. The van der Waals surface area contributed by atoms with E-state index in [1.54, 1.807) is 17.2 Å². The number of rotatable bonds is 5. The number of fused-ring (bicyclic) bond motifs is 1. The Bertz CT molecular complexity index is 1600. The molecule has 8 nitrogen and oxygen atoms in total. The summed E-state index contributed by atoms with van der Waals surface area (Å²) in [4.78, 5) is 39.1. The van der Waals surface area contributed by atoms with E-state index in [0.717, 1.165) is 28.5 Å². The van der Waals surface area contributed by atoms with Gasteiger partial charge in [-0.25, -0.2) is 19.3 Å². The van der Waals surface area contributed by atoms with Gasteiger partial charge in [0.2, 0.25) is 5.91 Å². The number of likely N-dealkylation sites (tertiary alicyclic amines) is 1. The second kappa shape index (κ2) is 9.95. The normalized spacial score (nSPS) is 14.8. The smallest absolute Gasteiger partial charge is 0.259 e. The zero-order chi connectivity index (χ0) is 25.9. The van der Waals surface area contributed by atoms with E-state index in [1.807, 2.05) is 18.2 Å². The fourth-order valence-electron chi connectivity index (χ4n) is 4.58. The lowest BCUT2D eigenvalue weighted by Crippen LogP contribution is -2.26. The molecule has 1 unspecified atom stereocenters. The van der Waals surface area contributed by atoms with Crippen LogP contribution in [0.5, 0.6) is 0 Å². The number of pyridine rings is 1. The van der Waals surface area contributed by atoms with Crippen molar-refractivity contribution in [1.82, 2.24) is 19.9 Å². The van der Waals surface area contributed by atoms with E-state index < -0.39 is 11.7 Å². The number of amides is 2. The number of anilines is 1. The largest absolute Gasteiger partial charge is 0.339 e. The summed E-state index contributed by atoms with van der Waals surface area (Å²) in [6, 6.07) is 13.1. The zero-order valence-electron chi connectivity index (χ0n) is 19.7. The van der Waals surface area contributed by atoms with Crippen LogP contribution < -0.4 is 5.32 Å². The average Bonchev–Trinajstić information content (AvgIpc) is 3.42. The van der Waals surface area contributed by atoms with Crippen molar-refractivity contribution in [2.24, 2.45) is 0 Å². The van der Waals surface area contributed by atoms with E-state index in [9.17, 15) is 9.59 Å². The maximum absolute atomic E-state index is 15.1. The first-order chi connectivity index (χ1) is 18.0. The van der Waals surface area contributed by atoms with Crippen molar-refractivity contribution < 1.29 is 14.0 Å². The number of carbonyl (C=O) groups excluding carboxylic acids is 2. The Hall–Kier alpha value is -4.97. The van der Waals surface area contributed by atoms with E-state index in [4.69, 9.17) is 5.26 Å². The Morgan fingerprint density at radius 3 is 2.81 bits per heavy atom. The van der Waals surface area contributed by atoms with Gasteiger partial charge in [-0.1, -0.05) is 12.6 Å². The van der Waals surface area contributed by atoms with Crippen molar-refractivity contribution in [3.8, 4) is 17.2 Å². The second-order valence-electron chi connectivity index (χ2n) is 8.69. The predicted octanol–water partition coefficient (Wildman–Crippen LogP) is 4.46. The molecule has 2 amide bonds. The van der Waals surface area contributed by atoms with Gasteiger partial charge < -0.3 is 10.2 Å². The monoisotopic (exact) mass is 492 g/mol. The van der Waals surface area contributed by atoms with Gasteiger partial charge in [-0.15, -0.1) is 0 Å². The Kier molecular flexibility index (Phi) is 6.39. The van der Waals surface area contributed by atoms with Gasteiger partial charge in [-0.05, 0) is 65.6 Å². The minimum absolute atomic E-state index is 0.0628. The van der Waals surface area contributed by atoms with Crippen LogP contribution >= 0.6 is 0 Å². The highest BCUT2D eigenvalue weighted by atomic mass is 19.1. The molecular weight excluding hydrogens is 471 g/mol. The van der Waals surface area contributed by atoms with Crippen LogP contribution in [0.1, 0.15) is 33.8 Å². The van der Waals surface area contributed by atoms with Crippen molar-refractivity contribution in [2.45, 2.75) is 12.3 Å². The molecule has 1 aliphatic heterocycles. The molecule has 182 valence electrons. The molecule has 1 N–H and O–H groups in total. The Morgan fingerprint density at radius 2 is 2.03 bits per heavy atom. The molecule has 4 aromatic rings. The number of nitrogens with one attached hydrogen (secondary N) is 1. The van der Waals surface area contributed by atoms with Crippen LogP contribution in [-0.2, 0) is 4.79 Å². The number of hydrogen-bond donors (Lipinski definition) is 1. The molecule has 0 bridgehead atoms. The summed E-state index contributed by atoms with van der Waals surface area (Å²) in [5, 5.41) is 12.3. The van der Waals surface area contributed by atoms with Crippen molar-refractivity contribution in [3.05, 3.63) is 96.3 Å². The predicted molar refractivity (Wildman–Crippen MR) is 136 cm³/mol. The van der Waals surface area contributed by atoms with Crippen molar-refractivity contribution in [1.29, 1.82) is 5.26 Å². The standard InChI is InChI=1S/C28H21FN6O2/c1-2-26(36)35-8-6-19(15-35)23-11-20(10-21-14-31-16-33-27(21)23)18-3-4-22(24(29)12-18)28(37)34-25-9-17(13-30)5-7-32-25/h2-5,7,9-12,14,16,19H,1,6,8,15H2,(H,32,34,37). The summed E-state index contributed by atoms with van der Waals surface area (Å²) in [7, 11) is 0. The minimum Gasteiger partial charge on any atom is -0.339 e. The molecule has 5 rings (SSSR count). The molecule has 0 radical (unpaired) electrons. The lowest BCUT2D eigenvalue weighted by Gasteiger charge is -2.17. The van der Waals surface area contributed by atoms with Gasteiger partial charge in [-0.2, -0.15) is 5.26 Å². The first-order valence-corrected chi connectivity index (χ1v) is 11.6. The molecule has 1 fully saturated rings. The lowest BCUT2D eigenvalue weighted by atomic mass is 9.91. The van der Waals surface area contributed by atoms with Gasteiger partial charge in [0, 0.05) is 36.8 Å². The molecule has 3 heterocycles. The third-order valence-electron chi connectivity index (χ3n) is 6.43. The third kappa shape index (κ3) is 4.77. The maximum atomic E-state index is 15.1. The number of hydrogen-bond acceptors (Lipinski definition) is 6. The second-order valence-corrected chi connectivity index (χ2v) is 8.69. The van der Waals surface area contributed by atoms with Crippen molar-refractivity contribution >= 4 is 28.5 Å². The molecule has 0 aliphatic carbocycles. The van der Waals surface area contributed by atoms with Crippen LogP contribution in [0.25, 0.3) is 22.0 Å². The van der Waals surface area contributed by atoms with Crippen molar-refractivity contribution in [3.63, 3.8) is 0 Å². The fourth-order valence-corrected chi connectivity index (χ4v) is 4.58. The molecule has 37 heavy (non-hydrogen) atoms. The number of benzene rings is 2. The van der Waals surface area contributed by atoms with E-state index in [1.165, 1.54) is 42.9 Å². The van der Waals surface area contributed by atoms with Gasteiger partial charge in [0.1, 0.15) is 18.0 Å². The molecule has 0 spiro atoms. The van der Waals surface area contributed by atoms with E-state index >= 15 is 4.39 Å². The number of nitrogens with zero attached hydrogens (tertiary/aromatic N) is 5. The topological polar surface area (TPSA) is 112 Å². The summed E-state index contributed by atoms with van der Waals surface area (Å²) >= 11 is 0. The molecule has 2 aromatic carbocycles. The fraction of sp³-hybridized carbons (Fsp3) is 0.143. The lowest BCUT2D eigenvalue weighted by molar-refractivity contribution is -0.125. The van der Waals surface area contributed by atoms with E-state index in [0.29, 0.717) is 24.2 Å². The number of carbonyl (C=O) groups is 2. The summed E-state index contributed by atoms with van der Waals surface area (Å²) in [6.45, 7) is 4.74. The van der Waals surface area contributed by atoms with Gasteiger partial charge in [0.05, 0.1) is 22.7 Å². The van der Waals surface area contributed by atoms with Gasteiger partial charge in [0.15, 0.2) is 0 Å². The van der Waals surface area contributed by atoms with Crippen molar-refractivity contribution in [2.75, 3.05) is 18.4 Å². The van der Waals surface area contributed by atoms with Crippen LogP contribution in [0.4, 0.5) is 10.2 Å². The maximum Gasteiger partial charge on any atom is 0.259 e. The first kappa shape index (κ1) is 23.8. The van der Waals surface area contributed by atoms with E-state index in [-0.39, 0.29) is 23.2 Å². The summed E-state index contributed by atoms with van der Waals surface area (Å²) < 4.78 is 15.1. The van der Waals surface area contributed by atoms with Crippen LogP contribution in [-0.4, -0.2) is 44.8 Å². The summed E-state index contributed by atoms with van der Waals surface area (Å²) in [5.41, 5.74) is 3.27. The van der Waals surface area contributed by atoms with Crippen LogP contribution in [0, 0.1) is 17.1 Å². The first-order valence-electron chi connectivity index (χ1n) is 11.6. The highest BCUT2D eigenvalue weighted by Crippen LogP contribution is 2.35. The highest BCUT2D eigenvalue weighted by molar-refractivity contribution is 6.04. The number of halogens is 1. The average molecular weight is 493 g/mol. The molecule has 1 aliphatic rings. The molecule has 2 aromatic heterocycles. The number of aromatic nitrogens is 3. The molecule has 0 saturated carbocycles. The molecular formula is C28H21FN6O2. The van der Waals surface area contributed by atoms with E-state index in [2.05, 4.69) is 26.8 Å². The number of nitriles is 1. The molecule has 9 heteroatoms. The highest BCUT2D eigenvalue weighted by Gasteiger charge is 2.28. The SMILES string of the molecule is C=CC(=O)N1CCC(c2cc(-c3ccc(C(=O)Nc4cc(C#N)ccn4)c(F)c3)cc3cncnc23)C1. The Balaban J connectivity index is 1.46. The quantitative estimate of drug-likeness (QED) is 0.412. The molecule has 1 atom stereocenters. The van der Waals surface area contributed by atoms with Gasteiger partial charge in [0.25, 0.3) is 5.91 Å². The van der Waals surface area contributed by atoms with Crippen LogP contribution in [0.3, 0.4) is 0 Å². The Labute approximate surface area is 212 Å². The van der Waals surface area contributed by atoms with Gasteiger partial charge >= 0.3 is 0 Å². The molecule has 1 saturated heterocycles. The zero-order valence-corrected chi connectivity index (χ0v) is 19.7. The van der Waals surface area contributed by atoms with Crippen LogP contribution in [0.15, 0.2) is 73.8 Å². The summed E-state index contributed by atoms with van der Waals surface area (Å²) in [5.74, 6) is -1.25. The minimum atomic E-state index is -0.694.